The van der Waals surface area contributed by atoms with Crippen molar-refractivity contribution in [2.45, 2.75) is 18.7 Å². The van der Waals surface area contributed by atoms with Crippen LogP contribution >= 0.6 is 0 Å². The van der Waals surface area contributed by atoms with Gasteiger partial charge in [-0.3, -0.25) is 9.35 Å². The molecule has 112 valence electrons. The van der Waals surface area contributed by atoms with E-state index in [0.717, 1.165) is 0 Å². The molecule has 0 saturated heterocycles. The summed E-state index contributed by atoms with van der Waals surface area (Å²) in [5, 5.41) is 0. The number of rotatable bonds is 3. The molecule has 0 amide bonds. The number of carbonyl (C=O) groups excluding carboxylic acids is 1. The van der Waals surface area contributed by atoms with Crippen LogP contribution in [-0.2, 0) is 14.9 Å². The second kappa shape index (κ2) is 5.37. The summed E-state index contributed by atoms with van der Waals surface area (Å²) in [6.45, 7) is 2.58. The lowest BCUT2D eigenvalue weighted by molar-refractivity contribution is -0.138. The summed E-state index contributed by atoms with van der Waals surface area (Å²) in [6.07, 6.45) is 0. The highest BCUT2D eigenvalue weighted by Gasteiger charge is 2.34. The van der Waals surface area contributed by atoms with Crippen molar-refractivity contribution >= 4 is 16.1 Å². The predicted molar refractivity (Wildman–Crippen MR) is 56.6 cm³/mol. The molecular formula is C10H8F4O5S. The lowest BCUT2D eigenvalue weighted by atomic mass is 10.2. The zero-order valence-electron chi connectivity index (χ0n) is 10.1. The summed E-state index contributed by atoms with van der Waals surface area (Å²) < 4.78 is 87.5. The van der Waals surface area contributed by atoms with Gasteiger partial charge in [0.05, 0.1) is 5.92 Å². The smallest absolute Gasteiger partial charge is 0.313 e. The summed E-state index contributed by atoms with van der Waals surface area (Å²) in [5.41, 5.74) is 0. The minimum Gasteiger partial charge on any atom is -0.420 e. The summed E-state index contributed by atoms with van der Waals surface area (Å²) in [5.74, 6) is -13.0. The van der Waals surface area contributed by atoms with Crippen LogP contribution in [0, 0.1) is 29.2 Å². The van der Waals surface area contributed by atoms with E-state index >= 15 is 0 Å². The number of esters is 1. The molecule has 1 aromatic rings. The fraction of sp³-hybridized carbons (Fsp3) is 0.300. The summed E-state index contributed by atoms with van der Waals surface area (Å²) in [4.78, 5) is 8.96. The molecular weight excluding hydrogens is 308 g/mol. The number of benzene rings is 1. The van der Waals surface area contributed by atoms with E-state index in [1.54, 1.807) is 0 Å². The number of halogens is 4. The highest BCUT2D eigenvalue weighted by Crippen LogP contribution is 2.32. The molecule has 0 aliphatic rings. The van der Waals surface area contributed by atoms with E-state index in [0.29, 0.717) is 0 Å². The van der Waals surface area contributed by atoms with Crippen LogP contribution < -0.4 is 4.74 Å². The van der Waals surface area contributed by atoms with Crippen molar-refractivity contribution < 1.29 is 40.1 Å². The summed E-state index contributed by atoms with van der Waals surface area (Å²) in [7, 11) is -5.54. The Hall–Kier alpha value is -1.68. The lowest BCUT2D eigenvalue weighted by Gasteiger charge is -2.11. The molecule has 0 fully saturated rings. The van der Waals surface area contributed by atoms with Gasteiger partial charge in [-0.2, -0.15) is 17.2 Å². The van der Waals surface area contributed by atoms with E-state index in [-0.39, 0.29) is 0 Å². The molecule has 0 aliphatic carbocycles. The second-order valence-electron chi connectivity index (χ2n) is 3.97. The van der Waals surface area contributed by atoms with Crippen LogP contribution in [0.3, 0.4) is 0 Å². The van der Waals surface area contributed by atoms with E-state index in [9.17, 15) is 30.8 Å². The molecule has 0 aliphatic heterocycles. The normalized spacial score (nSPS) is 11.8. The van der Waals surface area contributed by atoms with Gasteiger partial charge in [-0.15, -0.1) is 0 Å². The van der Waals surface area contributed by atoms with Crippen LogP contribution in [0.25, 0.3) is 0 Å². The number of ether oxygens (including phenoxy) is 1. The monoisotopic (exact) mass is 316 g/mol. The van der Waals surface area contributed by atoms with Gasteiger partial charge in [0.1, 0.15) is 0 Å². The Balaban J connectivity index is 3.57. The van der Waals surface area contributed by atoms with Gasteiger partial charge in [0, 0.05) is 0 Å². The van der Waals surface area contributed by atoms with Crippen LogP contribution in [0.15, 0.2) is 4.90 Å². The third-order valence-electron chi connectivity index (χ3n) is 2.11. The Morgan fingerprint density at radius 3 is 1.75 bits per heavy atom. The van der Waals surface area contributed by atoms with Crippen LogP contribution in [0.1, 0.15) is 13.8 Å². The van der Waals surface area contributed by atoms with Crippen molar-refractivity contribution in [2.24, 2.45) is 5.92 Å². The number of carbonyl (C=O) groups is 1. The third-order valence-corrected chi connectivity index (χ3v) is 2.99. The van der Waals surface area contributed by atoms with Crippen LogP contribution in [0.2, 0.25) is 0 Å². The second-order valence-corrected chi connectivity index (χ2v) is 5.32. The fourth-order valence-electron chi connectivity index (χ4n) is 1.13. The average Bonchev–Trinajstić information content (AvgIpc) is 2.30. The number of hydrogen-bond acceptors (Lipinski definition) is 4. The van der Waals surface area contributed by atoms with Gasteiger partial charge in [-0.1, -0.05) is 13.8 Å². The third kappa shape index (κ3) is 2.90. The van der Waals surface area contributed by atoms with Crippen molar-refractivity contribution in [2.75, 3.05) is 0 Å². The molecule has 0 bridgehead atoms. The Morgan fingerprint density at radius 2 is 1.45 bits per heavy atom. The average molecular weight is 316 g/mol. The molecule has 0 atom stereocenters. The highest BCUT2D eigenvalue weighted by molar-refractivity contribution is 7.85. The van der Waals surface area contributed by atoms with E-state index in [1.165, 1.54) is 13.8 Å². The van der Waals surface area contributed by atoms with Crippen molar-refractivity contribution in [1.29, 1.82) is 0 Å². The first-order chi connectivity index (χ1) is 8.98. The fourth-order valence-corrected chi connectivity index (χ4v) is 1.76. The first kappa shape index (κ1) is 16.4. The van der Waals surface area contributed by atoms with Crippen LogP contribution in [-0.4, -0.2) is 18.9 Å². The van der Waals surface area contributed by atoms with Gasteiger partial charge in [0.15, 0.2) is 16.5 Å². The SMILES string of the molecule is CC(C)C(=O)Oc1c(F)c(F)c(S(=O)(=O)O)c(F)c1F. The van der Waals surface area contributed by atoms with Gasteiger partial charge >= 0.3 is 16.1 Å². The van der Waals surface area contributed by atoms with Gasteiger partial charge in [-0.25, -0.2) is 8.78 Å². The maximum Gasteiger partial charge on any atom is 0.313 e. The van der Waals surface area contributed by atoms with Gasteiger partial charge in [-0.05, 0) is 0 Å². The minimum atomic E-state index is -5.54. The predicted octanol–water partition coefficient (Wildman–Crippen LogP) is 2.05. The quantitative estimate of drug-likeness (QED) is 0.303. The molecule has 0 radical (unpaired) electrons. The maximum absolute atomic E-state index is 13.4. The van der Waals surface area contributed by atoms with Crippen molar-refractivity contribution in [3.63, 3.8) is 0 Å². The molecule has 1 N–H and O–H groups in total. The van der Waals surface area contributed by atoms with Crippen LogP contribution in [0.4, 0.5) is 17.6 Å². The summed E-state index contributed by atoms with van der Waals surface area (Å²) in [6, 6.07) is 0. The van der Waals surface area contributed by atoms with Gasteiger partial charge in [0.25, 0.3) is 0 Å². The Labute approximate surface area is 110 Å². The molecule has 5 nitrogen and oxygen atoms in total. The van der Waals surface area contributed by atoms with E-state index < -0.39 is 55.9 Å². The summed E-state index contributed by atoms with van der Waals surface area (Å²) >= 11 is 0. The first-order valence-electron chi connectivity index (χ1n) is 5.03. The molecule has 0 heterocycles. The molecule has 20 heavy (non-hydrogen) atoms. The topological polar surface area (TPSA) is 80.7 Å². The van der Waals surface area contributed by atoms with Crippen molar-refractivity contribution in [3.8, 4) is 5.75 Å². The van der Waals surface area contributed by atoms with E-state index in [4.69, 9.17) is 4.55 Å². The van der Waals surface area contributed by atoms with E-state index in [2.05, 4.69) is 4.74 Å². The first-order valence-corrected chi connectivity index (χ1v) is 6.47. The molecule has 10 heteroatoms. The zero-order valence-corrected chi connectivity index (χ0v) is 10.9. The Bertz CT molecular complexity index is 640. The molecule has 0 saturated carbocycles. The Morgan fingerprint density at radius 1 is 1.05 bits per heavy atom. The molecule has 0 unspecified atom stereocenters. The standard InChI is InChI=1S/C10H8F4O5S/c1-3(2)10(15)19-8-4(11)6(13)9(20(16,17)18)7(14)5(8)12/h3H,1-2H3,(H,16,17,18). The number of hydrogen-bond donors (Lipinski definition) is 1. The minimum absolute atomic E-state index is 0.860. The van der Waals surface area contributed by atoms with Gasteiger partial charge in [0.2, 0.25) is 17.4 Å². The largest absolute Gasteiger partial charge is 0.420 e. The van der Waals surface area contributed by atoms with Gasteiger partial charge < -0.3 is 4.74 Å². The molecule has 0 aromatic heterocycles. The molecule has 0 spiro atoms. The lowest BCUT2D eigenvalue weighted by Crippen LogP contribution is -2.19. The zero-order chi connectivity index (χ0) is 15.8. The highest BCUT2D eigenvalue weighted by atomic mass is 32.2. The maximum atomic E-state index is 13.4. The van der Waals surface area contributed by atoms with E-state index in [1.807, 2.05) is 0 Å². The molecule has 1 rings (SSSR count). The van der Waals surface area contributed by atoms with Crippen molar-refractivity contribution in [1.82, 2.24) is 0 Å². The molecule has 1 aromatic carbocycles. The van der Waals surface area contributed by atoms with Crippen molar-refractivity contribution in [3.05, 3.63) is 23.3 Å². The Kier molecular flexibility index (Phi) is 4.39. The van der Waals surface area contributed by atoms with Crippen LogP contribution in [0.5, 0.6) is 5.75 Å².